The van der Waals surface area contributed by atoms with E-state index in [4.69, 9.17) is 0 Å². The molecule has 0 unspecified atom stereocenters. The number of rotatable bonds is 1. The van der Waals surface area contributed by atoms with E-state index in [0.717, 1.165) is 0 Å². The van der Waals surface area contributed by atoms with Gasteiger partial charge >= 0.3 is 5.69 Å². The van der Waals surface area contributed by atoms with Gasteiger partial charge in [0.2, 0.25) is 0 Å². The summed E-state index contributed by atoms with van der Waals surface area (Å²) in [6.07, 6.45) is 2.94. The average molecular weight is 188 g/mol. The molecule has 0 bridgehead atoms. The van der Waals surface area contributed by atoms with Crippen LogP contribution in [-0.4, -0.2) is 15.1 Å². The SMILES string of the molecule is O=c1ncc(-c2ccccc2O)c[nH]1. The van der Waals surface area contributed by atoms with Crippen LogP contribution in [0.25, 0.3) is 11.1 Å². The van der Waals surface area contributed by atoms with Crippen molar-refractivity contribution in [3.63, 3.8) is 0 Å². The Kier molecular flexibility index (Phi) is 2.02. The molecule has 1 aromatic heterocycles. The second-order valence-corrected chi connectivity index (χ2v) is 2.82. The fourth-order valence-electron chi connectivity index (χ4n) is 1.21. The van der Waals surface area contributed by atoms with Gasteiger partial charge in [-0.15, -0.1) is 0 Å². The third-order valence-electron chi connectivity index (χ3n) is 1.89. The van der Waals surface area contributed by atoms with E-state index in [1.807, 2.05) is 0 Å². The van der Waals surface area contributed by atoms with E-state index in [1.165, 1.54) is 12.4 Å². The monoisotopic (exact) mass is 188 g/mol. The summed E-state index contributed by atoms with van der Waals surface area (Å²) in [7, 11) is 0. The molecule has 1 heterocycles. The number of H-pyrrole nitrogens is 1. The van der Waals surface area contributed by atoms with E-state index in [9.17, 15) is 9.90 Å². The molecule has 2 aromatic rings. The molecule has 0 aliphatic carbocycles. The molecule has 0 radical (unpaired) electrons. The van der Waals surface area contributed by atoms with Gasteiger partial charge in [0.15, 0.2) is 0 Å². The molecular weight excluding hydrogens is 180 g/mol. The maximum absolute atomic E-state index is 10.7. The molecule has 0 saturated heterocycles. The Hall–Kier alpha value is -2.10. The lowest BCUT2D eigenvalue weighted by molar-refractivity contribution is 0.477. The van der Waals surface area contributed by atoms with E-state index in [2.05, 4.69) is 9.97 Å². The second kappa shape index (κ2) is 3.33. The lowest BCUT2D eigenvalue weighted by atomic mass is 10.1. The summed E-state index contributed by atoms with van der Waals surface area (Å²) in [5, 5.41) is 9.51. The van der Waals surface area contributed by atoms with E-state index in [-0.39, 0.29) is 5.75 Å². The van der Waals surface area contributed by atoms with Gasteiger partial charge in [-0.2, -0.15) is 0 Å². The Labute approximate surface area is 79.9 Å². The molecular formula is C10H8N2O2. The van der Waals surface area contributed by atoms with Gasteiger partial charge in [0, 0.05) is 23.5 Å². The van der Waals surface area contributed by atoms with Gasteiger partial charge in [0.1, 0.15) is 5.75 Å². The van der Waals surface area contributed by atoms with Crippen LogP contribution < -0.4 is 5.69 Å². The zero-order valence-corrected chi connectivity index (χ0v) is 7.27. The summed E-state index contributed by atoms with van der Waals surface area (Å²) < 4.78 is 0. The van der Waals surface area contributed by atoms with Crippen molar-refractivity contribution in [1.29, 1.82) is 0 Å². The van der Waals surface area contributed by atoms with Gasteiger partial charge in [-0.1, -0.05) is 18.2 Å². The molecule has 70 valence electrons. The van der Waals surface area contributed by atoms with Crippen LogP contribution in [0.4, 0.5) is 0 Å². The fraction of sp³-hybridized carbons (Fsp3) is 0. The van der Waals surface area contributed by atoms with E-state index in [1.54, 1.807) is 24.3 Å². The van der Waals surface area contributed by atoms with Gasteiger partial charge in [0.25, 0.3) is 0 Å². The molecule has 1 aromatic carbocycles. The number of aromatic hydroxyl groups is 1. The van der Waals surface area contributed by atoms with Gasteiger partial charge in [-0.05, 0) is 6.07 Å². The average Bonchev–Trinajstić information content (AvgIpc) is 2.20. The summed E-state index contributed by atoms with van der Waals surface area (Å²) in [4.78, 5) is 16.7. The number of phenolic OH excluding ortho intramolecular Hbond substituents is 1. The van der Waals surface area contributed by atoms with Crippen molar-refractivity contribution < 1.29 is 5.11 Å². The van der Waals surface area contributed by atoms with Crippen LogP contribution in [-0.2, 0) is 0 Å². The topological polar surface area (TPSA) is 66.0 Å². The molecule has 2 rings (SSSR count). The predicted octanol–water partition coefficient (Wildman–Crippen LogP) is 1.14. The van der Waals surface area contributed by atoms with Gasteiger partial charge in [0.05, 0.1) is 0 Å². The summed E-state index contributed by atoms with van der Waals surface area (Å²) >= 11 is 0. The van der Waals surface area contributed by atoms with Gasteiger partial charge in [-0.25, -0.2) is 9.78 Å². The van der Waals surface area contributed by atoms with Crippen LogP contribution in [0.15, 0.2) is 41.5 Å². The Morgan fingerprint density at radius 3 is 2.71 bits per heavy atom. The highest BCUT2D eigenvalue weighted by atomic mass is 16.3. The molecule has 0 atom stereocenters. The summed E-state index contributed by atoms with van der Waals surface area (Å²) in [6.45, 7) is 0. The van der Waals surface area contributed by atoms with Crippen molar-refractivity contribution in [3.05, 3.63) is 47.1 Å². The molecule has 4 nitrogen and oxygen atoms in total. The summed E-state index contributed by atoms with van der Waals surface area (Å²) in [5.41, 5.74) is 0.933. The van der Waals surface area contributed by atoms with Crippen molar-refractivity contribution in [2.75, 3.05) is 0 Å². The first-order valence-electron chi connectivity index (χ1n) is 4.10. The first-order valence-corrected chi connectivity index (χ1v) is 4.10. The largest absolute Gasteiger partial charge is 0.507 e. The third-order valence-corrected chi connectivity index (χ3v) is 1.89. The summed E-state index contributed by atoms with van der Waals surface area (Å²) in [6, 6.07) is 6.88. The van der Waals surface area contributed by atoms with Crippen molar-refractivity contribution in [2.45, 2.75) is 0 Å². The number of aromatic nitrogens is 2. The zero-order valence-electron chi connectivity index (χ0n) is 7.27. The maximum atomic E-state index is 10.7. The predicted molar refractivity (Wildman–Crippen MR) is 52.0 cm³/mol. The Morgan fingerprint density at radius 1 is 1.29 bits per heavy atom. The third kappa shape index (κ3) is 1.50. The van der Waals surface area contributed by atoms with E-state index >= 15 is 0 Å². The highest BCUT2D eigenvalue weighted by Gasteiger charge is 2.02. The highest BCUT2D eigenvalue weighted by molar-refractivity contribution is 5.68. The van der Waals surface area contributed by atoms with E-state index in [0.29, 0.717) is 11.1 Å². The zero-order chi connectivity index (χ0) is 9.97. The first-order chi connectivity index (χ1) is 6.77. The van der Waals surface area contributed by atoms with Crippen molar-refractivity contribution >= 4 is 0 Å². The Bertz CT molecular complexity index is 485. The number of aromatic amines is 1. The number of nitrogens with zero attached hydrogens (tertiary/aromatic N) is 1. The second-order valence-electron chi connectivity index (χ2n) is 2.82. The number of para-hydroxylation sites is 1. The standard InChI is InChI=1S/C10H8N2O2/c13-9-4-2-1-3-8(9)7-5-11-10(14)12-6-7/h1-6,13H,(H,11,12,14). The number of hydrogen-bond acceptors (Lipinski definition) is 3. The molecule has 0 saturated carbocycles. The van der Waals surface area contributed by atoms with Crippen LogP contribution >= 0.6 is 0 Å². The van der Waals surface area contributed by atoms with Crippen molar-refractivity contribution in [2.24, 2.45) is 0 Å². The number of phenols is 1. The summed E-state index contributed by atoms with van der Waals surface area (Å²) in [5.74, 6) is 0.168. The molecule has 0 aliphatic rings. The van der Waals surface area contributed by atoms with Crippen molar-refractivity contribution in [1.82, 2.24) is 9.97 Å². The Morgan fingerprint density at radius 2 is 2.07 bits per heavy atom. The smallest absolute Gasteiger partial charge is 0.344 e. The molecule has 0 amide bonds. The first kappa shape index (κ1) is 8.50. The maximum Gasteiger partial charge on any atom is 0.344 e. The highest BCUT2D eigenvalue weighted by Crippen LogP contribution is 2.26. The number of nitrogens with one attached hydrogen (secondary N) is 1. The minimum Gasteiger partial charge on any atom is -0.507 e. The minimum absolute atomic E-state index is 0.168. The lowest BCUT2D eigenvalue weighted by Gasteiger charge is -2.01. The van der Waals surface area contributed by atoms with Crippen LogP contribution in [0, 0.1) is 0 Å². The van der Waals surface area contributed by atoms with E-state index < -0.39 is 5.69 Å². The minimum atomic E-state index is -0.399. The molecule has 14 heavy (non-hydrogen) atoms. The van der Waals surface area contributed by atoms with Crippen LogP contribution in [0.1, 0.15) is 0 Å². The van der Waals surface area contributed by atoms with Gasteiger partial charge < -0.3 is 10.1 Å². The number of hydrogen-bond donors (Lipinski definition) is 2. The molecule has 0 spiro atoms. The fourth-order valence-corrected chi connectivity index (χ4v) is 1.21. The molecule has 0 fully saturated rings. The number of benzene rings is 1. The van der Waals surface area contributed by atoms with Gasteiger partial charge in [-0.3, -0.25) is 0 Å². The Balaban J connectivity index is 2.55. The quantitative estimate of drug-likeness (QED) is 0.705. The molecule has 2 N–H and O–H groups in total. The van der Waals surface area contributed by atoms with Crippen molar-refractivity contribution in [3.8, 4) is 16.9 Å². The lowest BCUT2D eigenvalue weighted by Crippen LogP contribution is -2.07. The molecule has 4 heteroatoms. The van der Waals surface area contributed by atoms with Crippen LogP contribution in [0.2, 0.25) is 0 Å². The van der Waals surface area contributed by atoms with Crippen LogP contribution in [0.5, 0.6) is 5.75 Å². The normalized spacial score (nSPS) is 10.0. The van der Waals surface area contributed by atoms with Crippen LogP contribution in [0.3, 0.4) is 0 Å². The molecule has 0 aliphatic heterocycles.